The quantitative estimate of drug-likeness (QED) is 0.668. The van der Waals surface area contributed by atoms with Crippen LogP contribution in [-0.4, -0.2) is 4.92 Å². The lowest BCUT2D eigenvalue weighted by Crippen LogP contribution is -2.02. The van der Waals surface area contributed by atoms with Gasteiger partial charge in [0.25, 0.3) is 5.69 Å². The molecule has 0 atom stereocenters. The van der Waals surface area contributed by atoms with E-state index >= 15 is 0 Å². The maximum Gasteiger partial charge on any atom is 0.272 e. The molecular formula is C14H9BrFN3O2. The van der Waals surface area contributed by atoms with Crippen molar-refractivity contribution in [3.05, 3.63) is 67.9 Å². The van der Waals surface area contributed by atoms with E-state index in [1.54, 1.807) is 18.2 Å². The Morgan fingerprint density at radius 1 is 1.33 bits per heavy atom. The van der Waals surface area contributed by atoms with Crippen LogP contribution in [-0.2, 0) is 6.54 Å². The molecule has 0 bridgehead atoms. The minimum absolute atomic E-state index is 0.170. The maximum absolute atomic E-state index is 13.3. The third-order valence-corrected chi connectivity index (χ3v) is 3.23. The van der Waals surface area contributed by atoms with Crippen LogP contribution in [0.15, 0.2) is 40.9 Å². The van der Waals surface area contributed by atoms with Crippen LogP contribution in [0, 0.1) is 27.3 Å². The van der Waals surface area contributed by atoms with Gasteiger partial charge in [0.15, 0.2) is 0 Å². The zero-order valence-electron chi connectivity index (χ0n) is 10.6. The molecule has 2 aromatic rings. The van der Waals surface area contributed by atoms with Crippen LogP contribution in [0.25, 0.3) is 0 Å². The Kier molecular flexibility index (Phi) is 4.50. The molecule has 0 spiro atoms. The van der Waals surface area contributed by atoms with Gasteiger partial charge in [0.2, 0.25) is 0 Å². The normalized spacial score (nSPS) is 9.95. The third kappa shape index (κ3) is 3.77. The molecule has 0 radical (unpaired) electrons. The number of hydrogen-bond donors (Lipinski definition) is 1. The van der Waals surface area contributed by atoms with Gasteiger partial charge in [-0.25, -0.2) is 4.39 Å². The Hall–Kier alpha value is -2.46. The maximum atomic E-state index is 13.3. The molecule has 5 nitrogen and oxygen atoms in total. The van der Waals surface area contributed by atoms with E-state index in [0.29, 0.717) is 16.8 Å². The molecule has 0 saturated heterocycles. The van der Waals surface area contributed by atoms with Gasteiger partial charge in [0.05, 0.1) is 22.2 Å². The number of rotatable bonds is 4. The summed E-state index contributed by atoms with van der Waals surface area (Å²) in [6.45, 7) is 0.170. The summed E-state index contributed by atoms with van der Waals surface area (Å²) in [6.07, 6.45) is 0. The van der Waals surface area contributed by atoms with Gasteiger partial charge in [-0.2, -0.15) is 5.26 Å². The summed E-state index contributed by atoms with van der Waals surface area (Å²) in [7, 11) is 0. The molecule has 2 aromatic carbocycles. The Bertz CT molecular complexity index is 743. The minimum Gasteiger partial charge on any atom is -0.380 e. The molecular weight excluding hydrogens is 341 g/mol. The number of halogens is 2. The largest absolute Gasteiger partial charge is 0.380 e. The highest BCUT2D eigenvalue weighted by Crippen LogP contribution is 2.22. The lowest BCUT2D eigenvalue weighted by atomic mass is 10.1. The summed E-state index contributed by atoms with van der Waals surface area (Å²) in [6, 6.07) is 10.5. The predicted octanol–water partition coefficient (Wildman–Crippen LogP) is 3.98. The van der Waals surface area contributed by atoms with Crippen LogP contribution in [0.1, 0.15) is 11.1 Å². The second kappa shape index (κ2) is 6.33. The molecule has 0 saturated carbocycles. The fraction of sp³-hybridized carbons (Fsp3) is 0.0714. The Morgan fingerprint density at radius 2 is 2.10 bits per heavy atom. The molecule has 21 heavy (non-hydrogen) atoms. The van der Waals surface area contributed by atoms with Crippen LogP contribution in [0.3, 0.4) is 0 Å². The van der Waals surface area contributed by atoms with Gasteiger partial charge in [-0.3, -0.25) is 10.1 Å². The standard InChI is InChI=1S/C14H9BrFN3O2/c15-11-2-1-10(7-17)14(5-11)18-8-9-3-12(16)6-13(4-9)19(20)21/h1-6,18H,8H2. The average molecular weight is 350 g/mol. The van der Waals surface area contributed by atoms with Gasteiger partial charge in [0, 0.05) is 17.1 Å². The first kappa shape index (κ1) is 14.9. The Morgan fingerprint density at radius 3 is 2.76 bits per heavy atom. The first-order valence-electron chi connectivity index (χ1n) is 5.87. The van der Waals surface area contributed by atoms with Crippen LogP contribution in [0.2, 0.25) is 0 Å². The minimum atomic E-state index is -0.671. The number of hydrogen-bond acceptors (Lipinski definition) is 4. The fourth-order valence-corrected chi connectivity index (χ4v) is 2.16. The third-order valence-electron chi connectivity index (χ3n) is 2.74. The van der Waals surface area contributed by atoms with Crippen molar-refractivity contribution in [1.82, 2.24) is 0 Å². The van der Waals surface area contributed by atoms with Crippen molar-refractivity contribution in [2.45, 2.75) is 6.54 Å². The number of nitrogens with zero attached hydrogens (tertiary/aromatic N) is 2. The number of anilines is 1. The summed E-state index contributed by atoms with van der Waals surface area (Å²) in [5.74, 6) is -0.671. The fourth-order valence-electron chi connectivity index (χ4n) is 1.80. The summed E-state index contributed by atoms with van der Waals surface area (Å²) in [5.41, 5.74) is 1.12. The van der Waals surface area contributed by atoms with Gasteiger partial charge in [-0.15, -0.1) is 0 Å². The number of nitro benzene ring substituents is 1. The average Bonchev–Trinajstić information content (AvgIpc) is 2.44. The summed E-state index contributed by atoms with van der Waals surface area (Å²) < 4.78 is 14.1. The summed E-state index contributed by atoms with van der Waals surface area (Å²) in [5, 5.41) is 22.7. The molecule has 106 valence electrons. The smallest absolute Gasteiger partial charge is 0.272 e. The zero-order valence-corrected chi connectivity index (χ0v) is 12.2. The first-order valence-corrected chi connectivity index (χ1v) is 6.66. The van der Waals surface area contributed by atoms with Crippen molar-refractivity contribution < 1.29 is 9.31 Å². The van der Waals surface area contributed by atoms with Gasteiger partial charge in [-0.05, 0) is 29.8 Å². The summed E-state index contributed by atoms with van der Waals surface area (Å²) >= 11 is 3.30. The number of nitriles is 1. The molecule has 0 aliphatic heterocycles. The highest BCUT2D eigenvalue weighted by molar-refractivity contribution is 9.10. The van der Waals surface area contributed by atoms with Gasteiger partial charge in [0.1, 0.15) is 11.9 Å². The molecule has 0 aliphatic rings. The van der Waals surface area contributed by atoms with E-state index in [1.807, 2.05) is 6.07 Å². The van der Waals surface area contributed by atoms with Crippen LogP contribution in [0.4, 0.5) is 15.8 Å². The monoisotopic (exact) mass is 349 g/mol. The molecule has 2 rings (SSSR count). The van der Waals surface area contributed by atoms with E-state index in [0.717, 1.165) is 10.5 Å². The zero-order chi connectivity index (χ0) is 15.4. The molecule has 0 fully saturated rings. The number of nitrogens with one attached hydrogen (secondary N) is 1. The second-order valence-corrected chi connectivity index (χ2v) is 5.15. The van der Waals surface area contributed by atoms with E-state index in [2.05, 4.69) is 21.2 Å². The Balaban J connectivity index is 2.23. The molecule has 1 N–H and O–H groups in total. The Labute approximate surface area is 128 Å². The van der Waals surface area contributed by atoms with E-state index < -0.39 is 10.7 Å². The predicted molar refractivity (Wildman–Crippen MR) is 79.2 cm³/mol. The van der Waals surface area contributed by atoms with E-state index in [9.17, 15) is 14.5 Å². The van der Waals surface area contributed by atoms with Crippen LogP contribution in [0.5, 0.6) is 0 Å². The van der Waals surface area contributed by atoms with Crippen molar-refractivity contribution in [2.75, 3.05) is 5.32 Å². The molecule has 0 amide bonds. The van der Waals surface area contributed by atoms with E-state index in [-0.39, 0.29) is 12.2 Å². The molecule has 0 unspecified atom stereocenters. The lowest BCUT2D eigenvalue weighted by Gasteiger charge is -2.09. The molecule has 0 aliphatic carbocycles. The topological polar surface area (TPSA) is 79.0 Å². The molecule has 0 heterocycles. The van der Waals surface area contributed by atoms with Crippen LogP contribution < -0.4 is 5.32 Å². The lowest BCUT2D eigenvalue weighted by molar-refractivity contribution is -0.385. The highest BCUT2D eigenvalue weighted by Gasteiger charge is 2.10. The highest BCUT2D eigenvalue weighted by atomic mass is 79.9. The van der Waals surface area contributed by atoms with Crippen molar-refractivity contribution in [2.24, 2.45) is 0 Å². The number of benzene rings is 2. The van der Waals surface area contributed by atoms with Gasteiger partial charge in [-0.1, -0.05) is 15.9 Å². The van der Waals surface area contributed by atoms with Crippen molar-refractivity contribution >= 4 is 27.3 Å². The van der Waals surface area contributed by atoms with Crippen LogP contribution >= 0.6 is 15.9 Å². The first-order chi connectivity index (χ1) is 9.99. The SMILES string of the molecule is N#Cc1ccc(Br)cc1NCc1cc(F)cc([N+](=O)[O-])c1. The second-order valence-electron chi connectivity index (χ2n) is 4.23. The van der Waals surface area contributed by atoms with E-state index in [4.69, 9.17) is 5.26 Å². The van der Waals surface area contributed by atoms with Crippen molar-refractivity contribution in [1.29, 1.82) is 5.26 Å². The molecule has 7 heteroatoms. The van der Waals surface area contributed by atoms with Crippen molar-refractivity contribution in [3.8, 4) is 6.07 Å². The number of non-ortho nitro benzene ring substituents is 1. The van der Waals surface area contributed by atoms with Crippen molar-refractivity contribution in [3.63, 3.8) is 0 Å². The number of nitro groups is 1. The van der Waals surface area contributed by atoms with Gasteiger partial charge < -0.3 is 5.32 Å². The van der Waals surface area contributed by atoms with E-state index in [1.165, 1.54) is 12.1 Å². The molecule has 0 aromatic heterocycles. The summed E-state index contributed by atoms with van der Waals surface area (Å²) in [4.78, 5) is 10.0. The van der Waals surface area contributed by atoms with Gasteiger partial charge >= 0.3 is 0 Å².